The molecule has 0 saturated heterocycles. The average molecular weight is 475 g/mol. The van der Waals surface area contributed by atoms with E-state index in [0.717, 1.165) is 23.6 Å². The molecule has 4 amide bonds. The highest BCUT2D eigenvalue weighted by Crippen LogP contribution is 2.38. The van der Waals surface area contributed by atoms with Gasteiger partial charge in [0.2, 0.25) is 0 Å². The molecule has 0 aromatic heterocycles. The quantitative estimate of drug-likeness (QED) is 0.375. The number of benzene rings is 4. The van der Waals surface area contributed by atoms with Gasteiger partial charge in [0.25, 0.3) is 23.6 Å². The van der Waals surface area contributed by atoms with Crippen LogP contribution in [0.25, 0.3) is 21.5 Å². The zero-order valence-electron chi connectivity index (χ0n) is 19.4. The number of carbonyl (C=O) groups excluding carboxylic acids is 4. The molecule has 0 N–H and O–H groups in total. The van der Waals surface area contributed by atoms with Crippen LogP contribution >= 0.6 is 0 Å². The van der Waals surface area contributed by atoms with Gasteiger partial charge in [-0.3, -0.25) is 29.0 Å². The Morgan fingerprint density at radius 2 is 0.778 bits per heavy atom. The zero-order valence-corrected chi connectivity index (χ0v) is 19.4. The second-order valence-electron chi connectivity index (χ2n) is 9.80. The molecule has 4 aromatic carbocycles. The zero-order chi connectivity index (χ0) is 24.6. The van der Waals surface area contributed by atoms with Crippen LogP contribution in [0.2, 0.25) is 0 Å². The Morgan fingerprint density at radius 3 is 1.08 bits per heavy atom. The van der Waals surface area contributed by atoms with Crippen molar-refractivity contribution in [2.24, 2.45) is 0 Å². The first-order chi connectivity index (χ1) is 17.6. The van der Waals surface area contributed by atoms with Crippen LogP contribution in [0.5, 0.6) is 0 Å². The number of amides is 4. The van der Waals surface area contributed by atoms with Crippen LogP contribution in [0.4, 0.5) is 0 Å². The molecule has 0 bridgehead atoms. The van der Waals surface area contributed by atoms with E-state index in [1.165, 1.54) is 9.80 Å². The van der Waals surface area contributed by atoms with Gasteiger partial charge in [-0.25, -0.2) is 0 Å². The molecule has 0 spiro atoms. The molecule has 6 heteroatoms. The minimum absolute atomic E-state index is 0.361. The first-order valence-corrected chi connectivity index (χ1v) is 12.4. The maximum atomic E-state index is 13.8. The molecule has 176 valence electrons. The largest absolute Gasteiger partial charge is 0.269 e. The van der Waals surface area contributed by atoms with Crippen molar-refractivity contribution in [1.29, 1.82) is 0 Å². The summed E-state index contributed by atoms with van der Waals surface area (Å²) < 4.78 is 0. The van der Waals surface area contributed by atoms with Crippen LogP contribution in [0.15, 0.2) is 72.8 Å². The van der Waals surface area contributed by atoms with Gasteiger partial charge in [0.05, 0.1) is 12.1 Å². The minimum Gasteiger partial charge on any atom is -0.269 e. The van der Waals surface area contributed by atoms with Gasteiger partial charge in [0.15, 0.2) is 0 Å². The van der Waals surface area contributed by atoms with Gasteiger partial charge >= 0.3 is 0 Å². The Balaban J connectivity index is 1.34. The highest BCUT2D eigenvalue weighted by Gasteiger charge is 2.47. The summed E-state index contributed by atoms with van der Waals surface area (Å²) in [7, 11) is 0. The normalized spacial score (nSPS) is 21.6. The fourth-order valence-electron chi connectivity index (χ4n) is 6.39. The first-order valence-electron chi connectivity index (χ1n) is 12.4. The highest BCUT2D eigenvalue weighted by atomic mass is 16.2. The molecule has 0 radical (unpaired) electrons. The molecule has 0 unspecified atom stereocenters. The smallest absolute Gasteiger partial charge is 0.261 e. The third-order valence-corrected chi connectivity index (χ3v) is 7.96. The van der Waals surface area contributed by atoms with E-state index in [4.69, 9.17) is 0 Å². The van der Waals surface area contributed by atoms with Crippen LogP contribution in [0.1, 0.15) is 67.1 Å². The Labute approximate surface area is 207 Å². The molecular weight excluding hydrogens is 452 g/mol. The third-order valence-electron chi connectivity index (χ3n) is 7.96. The summed E-state index contributed by atoms with van der Waals surface area (Å²) in [5, 5.41) is 3.03. The molecule has 3 aliphatic rings. The van der Waals surface area contributed by atoms with Gasteiger partial charge in [0.1, 0.15) is 0 Å². The van der Waals surface area contributed by atoms with Crippen LogP contribution in [-0.4, -0.2) is 45.5 Å². The number of imide groups is 2. The Bertz CT molecular complexity index is 1430. The van der Waals surface area contributed by atoms with Gasteiger partial charge in [-0.1, -0.05) is 61.4 Å². The summed E-state index contributed by atoms with van der Waals surface area (Å²) in [4.78, 5) is 57.7. The molecule has 36 heavy (non-hydrogen) atoms. The summed E-state index contributed by atoms with van der Waals surface area (Å²) in [6.07, 6.45) is 2.71. The van der Waals surface area contributed by atoms with E-state index in [1.54, 1.807) is 24.3 Å². The van der Waals surface area contributed by atoms with Crippen molar-refractivity contribution in [1.82, 2.24) is 9.80 Å². The van der Waals surface area contributed by atoms with E-state index in [1.807, 2.05) is 48.5 Å². The highest BCUT2D eigenvalue weighted by molar-refractivity contribution is 6.27. The number of hydrogen-bond donors (Lipinski definition) is 0. The summed E-state index contributed by atoms with van der Waals surface area (Å²) >= 11 is 0. The van der Waals surface area contributed by atoms with Crippen molar-refractivity contribution in [2.75, 3.05) is 0 Å². The summed E-state index contributed by atoms with van der Waals surface area (Å²) in [5.74, 6) is -1.44. The number of hydrogen-bond acceptors (Lipinski definition) is 4. The first kappa shape index (κ1) is 21.0. The van der Waals surface area contributed by atoms with Gasteiger partial charge in [-0.15, -0.1) is 0 Å². The van der Waals surface area contributed by atoms with E-state index in [2.05, 4.69) is 0 Å². The van der Waals surface area contributed by atoms with Crippen LogP contribution in [0, 0.1) is 0 Å². The van der Waals surface area contributed by atoms with Gasteiger partial charge in [-0.05, 0) is 47.9 Å². The second kappa shape index (κ2) is 7.59. The number of rotatable bonds is 2. The Morgan fingerprint density at radius 1 is 0.472 bits per heavy atom. The fourth-order valence-corrected chi connectivity index (χ4v) is 6.39. The SMILES string of the molecule is O=C1c2cccc3cccc(c23)C(=O)N1[C@@H]1CCCC[C@H]1N1C(=O)c2cccc3cccc(c23)C1=O. The van der Waals surface area contributed by atoms with Crippen molar-refractivity contribution in [3.05, 3.63) is 95.1 Å². The lowest BCUT2D eigenvalue weighted by Crippen LogP contribution is -2.60. The van der Waals surface area contributed by atoms with E-state index in [9.17, 15) is 19.2 Å². The lowest BCUT2D eigenvalue weighted by atomic mass is 9.83. The molecule has 7 rings (SSSR count). The van der Waals surface area contributed by atoms with Crippen molar-refractivity contribution in [3.8, 4) is 0 Å². The Hall–Kier alpha value is -4.32. The van der Waals surface area contributed by atoms with E-state index >= 15 is 0 Å². The predicted octanol–water partition coefficient (Wildman–Crippen LogP) is 5.20. The summed E-state index contributed by atoms with van der Waals surface area (Å²) in [5.41, 5.74) is 1.94. The molecule has 2 heterocycles. The molecule has 1 aliphatic carbocycles. The Kier molecular flexibility index (Phi) is 4.43. The van der Waals surface area contributed by atoms with Crippen LogP contribution in [-0.2, 0) is 0 Å². The van der Waals surface area contributed by atoms with Crippen LogP contribution < -0.4 is 0 Å². The van der Waals surface area contributed by atoms with Crippen molar-refractivity contribution in [2.45, 2.75) is 37.8 Å². The molecule has 2 aliphatic heterocycles. The van der Waals surface area contributed by atoms with Gasteiger partial charge in [0, 0.05) is 33.0 Å². The lowest BCUT2D eigenvalue weighted by molar-refractivity contribution is 0.0241. The van der Waals surface area contributed by atoms with E-state index in [0.29, 0.717) is 45.9 Å². The summed E-state index contributed by atoms with van der Waals surface area (Å²) in [6, 6.07) is 20.7. The minimum atomic E-state index is -0.584. The maximum Gasteiger partial charge on any atom is 0.261 e. The van der Waals surface area contributed by atoms with Gasteiger partial charge in [-0.2, -0.15) is 0 Å². The van der Waals surface area contributed by atoms with Crippen molar-refractivity contribution >= 4 is 45.2 Å². The monoisotopic (exact) mass is 474 g/mol. The van der Waals surface area contributed by atoms with Crippen molar-refractivity contribution in [3.63, 3.8) is 0 Å². The average Bonchev–Trinajstić information content (AvgIpc) is 2.91. The van der Waals surface area contributed by atoms with Crippen LogP contribution in [0.3, 0.4) is 0 Å². The molecular formula is C30H22N2O4. The summed E-state index contributed by atoms with van der Waals surface area (Å²) in [6.45, 7) is 0. The molecule has 6 nitrogen and oxygen atoms in total. The van der Waals surface area contributed by atoms with E-state index < -0.39 is 12.1 Å². The van der Waals surface area contributed by atoms with E-state index in [-0.39, 0.29) is 23.6 Å². The lowest BCUT2D eigenvalue weighted by Gasteiger charge is -2.45. The fraction of sp³-hybridized carbons (Fsp3) is 0.200. The number of carbonyl (C=O) groups is 4. The topological polar surface area (TPSA) is 74.8 Å². The molecule has 2 atom stereocenters. The standard InChI is InChI=1S/C30H22N2O4/c33-27-19-11-3-7-17-8-4-12-20(25(17)19)28(34)31(27)23-15-1-2-16-24(23)32-29(35)21-13-5-9-18-10-6-14-22(26(18)21)30(32)36/h3-14,23-24H,1-2,15-16H2/t23-,24-/m1/s1. The predicted molar refractivity (Wildman–Crippen MR) is 135 cm³/mol. The molecule has 1 fully saturated rings. The van der Waals surface area contributed by atoms with Gasteiger partial charge < -0.3 is 0 Å². The second-order valence-corrected chi connectivity index (χ2v) is 9.80. The van der Waals surface area contributed by atoms with Crippen molar-refractivity contribution < 1.29 is 19.2 Å². The molecule has 1 saturated carbocycles. The molecule has 4 aromatic rings. The third kappa shape index (κ3) is 2.72. The number of nitrogens with zero attached hydrogens (tertiary/aromatic N) is 2. The maximum absolute atomic E-state index is 13.8.